The van der Waals surface area contributed by atoms with Crippen LogP contribution in [0.5, 0.6) is 0 Å². The van der Waals surface area contributed by atoms with Crippen molar-refractivity contribution in [3.05, 3.63) is 18.2 Å². The number of thiazole rings is 1. The van der Waals surface area contributed by atoms with Gasteiger partial charge in [-0.15, -0.1) is 0 Å². The van der Waals surface area contributed by atoms with Gasteiger partial charge in [0.2, 0.25) is 0 Å². The molecule has 1 aliphatic rings. The lowest BCUT2D eigenvalue weighted by Gasteiger charge is -2.19. The van der Waals surface area contributed by atoms with Crippen LogP contribution < -0.4 is 11.1 Å². The van der Waals surface area contributed by atoms with E-state index in [1.54, 1.807) is 0 Å². The number of nitrogens with zero attached hydrogens (tertiary/aromatic N) is 2. The molecule has 1 aromatic heterocycles. The number of nitrogens with one attached hydrogen (secondary N) is 1. The molecule has 2 amide bonds. The van der Waals surface area contributed by atoms with E-state index in [9.17, 15) is 4.79 Å². The number of urea groups is 1. The van der Waals surface area contributed by atoms with Crippen molar-refractivity contribution in [3.8, 4) is 0 Å². The van der Waals surface area contributed by atoms with E-state index in [0.29, 0.717) is 10.8 Å². The maximum atomic E-state index is 12.2. The second kappa shape index (κ2) is 5.66. The fourth-order valence-corrected chi connectivity index (χ4v) is 3.34. The Hall–Kier alpha value is -1.82. The highest BCUT2D eigenvalue weighted by Crippen LogP contribution is 2.27. The fourth-order valence-electron chi connectivity index (χ4n) is 2.44. The summed E-state index contributed by atoms with van der Waals surface area (Å²) < 4.78 is 0.996. The third-order valence-corrected chi connectivity index (χ3v) is 4.45. The van der Waals surface area contributed by atoms with Crippen molar-refractivity contribution in [2.45, 2.75) is 25.7 Å². The van der Waals surface area contributed by atoms with Crippen LogP contribution in [0.2, 0.25) is 0 Å². The number of aromatic nitrogens is 1. The van der Waals surface area contributed by atoms with Gasteiger partial charge in [-0.1, -0.05) is 24.2 Å². The Morgan fingerprint density at radius 3 is 2.75 bits per heavy atom. The smallest absolute Gasteiger partial charge is 0.323 e. The zero-order valence-electron chi connectivity index (χ0n) is 11.3. The fraction of sp³-hybridized carbons (Fsp3) is 0.429. The molecule has 20 heavy (non-hydrogen) atoms. The zero-order chi connectivity index (χ0) is 13.9. The molecule has 1 fully saturated rings. The molecule has 6 heteroatoms. The number of rotatable bonds is 1. The highest BCUT2D eigenvalue weighted by Gasteiger charge is 2.16. The molecule has 1 saturated heterocycles. The van der Waals surface area contributed by atoms with E-state index in [4.69, 9.17) is 5.73 Å². The first-order valence-electron chi connectivity index (χ1n) is 6.94. The van der Waals surface area contributed by atoms with Gasteiger partial charge in [0.1, 0.15) is 0 Å². The number of hydrogen-bond donors (Lipinski definition) is 2. The van der Waals surface area contributed by atoms with Gasteiger partial charge in [-0.25, -0.2) is 9.78 Å². The number of fused-ring (bicyclic) bond motifs is 1. The summed E-state index contributed by atoms with van der Waals surface area (Å²) in [5.41, 5.74) is 7.34. The van der Waals surface area contributed by atoms with Gasteiger partial charge < -0.3 is 10.6 Å². The summed E-state index contributed by atoms with van der Waals surface area (Å²) in [6, 6.07) is 5.54. The molecule has 0 radical (unpaired) electrons. The summed E-state index contributed by atoms with van der Waals surface area (Å²) in [6.45, 7) is 1.67. The van der Waals surface area contributed by atoms with E-state index in [1.807, 2.05) is 23.1 Å². The van der Waals surface area contributed by atoms with Gasteiger partial charge >= 0.3 is 6.03 Å². The van der Waals surface area contributed by atoms with Crippen molar-refractivity contribution < 1.29 is 4.79 Å². The van der Waals surface area contributed by atoms with Gasteiger partial charge in [-0.05, 0) is 31.0 Å². The van der Waals surface area contributed by atoms with Crippen LogP contribution in [0.25, 0.3) is 10.2 Å². The summed E-state index contributed by atoms with van der Waals surface area (Å²) in [5, 5.41) is 3.54. The minimum Gasteiger partial charge on any atom is -0.399 e. The molecule has 106 valence electrons. The Morgan fingerprint density at radius 1 is 1.25 bits per heavy atom. The minimum absolute atomic E-state index is 0.0427. The van der Waals surface area contributed by atoms with Crippen molar-refractivity contribution in [1.29, 1.82) is 0 Å². The maximum absolute atomic E-state index is 12.2. The molecule has 0 bridgehead atoms. The minimum atomic E-state index is -0.0427. The molecule has 0 saturated carbocycles. The first kappa shape index (κ1) is 13.2. The standard InChI is InChI=1S/C14H18N4OS/c15-10-5-6-11-12(9-10)20-13(16-11)17-14(19)18-7-3-1-2-4-8-18/h5-6,9H,1-4,7-8,15H2,(H,16,17,19). The van der Waals surface area contributed by atoms with Crippen LogP contribution in [-0.4, -0.2) is 29.0 Å². The van der Waals surface area contributed by atoms with E-state index in [0.717, 1.165) is 36.1 Å². The first-order chi connectivity index (χ1) is 9.72. The van der Waals surface area contributed by atoms with Crippen LogP contribution in [0.3, 0.4) is 0 Å². The van der Waals surface area contributed by atoms with Gasteiger partial charge in [0.05, 0.1) is 10.2 Å². The molecule has 0 atom stereocenters. The molecule has 0 aliphatic carbocycles. The molecule has 3 N–H and O–H groups in total. The number of carbonyl (C=O) groups is 1. The average Bonchev–Trinajstić information content (AvgIpc) is 2.64. The van der Waals surface area contributed by atoms with Gasteiger partial charge in [0, 0.05) is 18.8 Å². The molecular formula is C14H18N4OS. The Labute approximate surface area is 121 Å². The Bertz CT molecular complexity index is 617. The lowest BCUT2D eigenvalue weighted by atomic mass is 10.2. The Balaban J connectivity index is 1.73. The number of benzene rings is 1. The second-order valence-corrected chi connectivity index (χ2v) is 6.11. The first-order valence-corrected chi connectivity index (χ1v) is 7.76. The van der Waals surface area contributed by atoms with E-state index in [-0.39, 0.29) is 6.03 Å². The summed E-state index contributed by atoms with van der Waals surface area (Å²) in [7, 11) is 0. The van der Waals surface area contributed by atoms with Crippen molar-refractivity contribution in [3.63, 3.8) is 0 Å². The van der Waals surface area contributed by atoms with Crippen LogP contribution in [0.4, 0.5) is 15.6 Å². The number of nitrogen functional groups attached to an aromatic ring is 1. The number of amides is 2. The zero-order valence-corrected chi connectivity index (χ0v) is 12.1. The van der Waals surface area contributed by atoms with Crippen molar-refractivity contribution >= 4 is 38.4 Å². The molecule has 2 aromatic rings. The monoisotopic (exact) mass is 290 g/mol. The summed E-state index contributed by atoms with van der Waals surface area (Å²) >= 11 is 1.46. The van der Waals surface area contributed by atoms with Gasteiger partial charge in [0.15, 0.2) is 5.13 Å². The number of nitrogens with two attached hydrogens (primary N) is 1. The highest BCUT2D eigenvalue weighted by atomic mass is 32.1. The molecule has 5 nitrogen and oxygen atoms in total. The van der Waals surface area contributed by atoms with E-state index in [2.05, 4.69) is 10.3 Å². The molecule has 0 unspecified atom stereocenters. The van der Waals surface area contributed by atoms with E-state index < -0.39 is 0 Å². The Kier molecular flexibility index (Phi) is 3.73. The van der Waals surface area contributed by atoms with Crippen molar-refractivity contribution in [2.75, 3.05) is 24.1 Å². The SMILES string of the molecule is Nc1ccc2nc(NC(=O)N3CCCCCC3)sc2c1. The number of anilines is 2. The predicted molar refractivity (Wildman–Crippen MR) is 83.1 cm³/mol. The molecule has 0 spiro atoms. The molecule has 3 rings (SSSR count). The molecule has 1 aromatic carbocycles. The van der Waals surface area contributed by atoms with Crippen LogP contribution >= 0.6 is 11.3 Å². The predicted octanol–water partition coefficient (Wildman–Crippen LogP) is 3.29. The number of carbonyl (C=O) groups excluding carboxylic acids is 1. The quantitative estimate of drug-likeness (QED) is 0.792. The Morgan fingerprint density at radius 2 is 2.00 bits per heavy atom. The van der Waals surface area contributed by atoms with Crippen LogP contribution in [0, 0.1) is 0 Å². The van der Waals surface area contributed by atoms with Gasteiger partial charge in [-0.2, -0.15) is 0 Å². The topological polar surface area (TPSA) is 71.2 Å². The van der Waals surface area contributed by atoms with Crippen molar-refractivity contribution in [2.24, 2.45) is 0 Å². The van der Waals surface area contributed by atoms with Crippen LogP contribution in [0.15, 0.2) is 18.2 Å². The van der Waals surface area contributed by atoms with Crippen molar-refractivity contribution in [1.82, 2.24) is 9.88 Å². The normalized spacial score (nSPS) is 16.1. The summed E-state index contributed by atoms with van der Waals surface area (Å²) in [4.78, 5) is 18.5. The summed E-state index contributed by atoms with van der Waals surface area (Å²) in [6.07, 6.45) is 4.60. The average molecular weight is 290 g/mol. The third kappa shape index (κ3) is 2.85. The highest BCUT2D eigenvalue weighted by molar-refractivity contribution is 7.22. The second-order valence-electron chi connectivity index (χ2n) is 5.08. The van der Waals surface area contributed by atoms with E-state index >= 15 is 0 Å². The maximum Gasteiger partial charge on any atom is 0.323 e. The largest absolute Gasteiger partial charge is 0.399 e. The lowest BCUT2D eigenvalue weighted by molar-refractivity contribution is 0.214. The molecule has 1 aliphatic heterocycles. The summed E-state index contributed by atoms with van der Waals surface area (Å²) in [5.74, 6) is 0. The molecule has 2 heterocycles. The number of likely N-dealkylation sites (tertiary alicyclic amines) is 1. The molecular weight excluding hydrogens is 272 g/mol. The number of hydrogen-bond acceptors (Lipinski definition) is 4. The van der Waals surface area contributed by atoms with E-state index in [1.165, 1.54) is 24.2 Å². The van der Waals surface area contributed by atoms with Gasteiger partial charge in [0.25, 0.3) is 0 Å². The lowest BCUT2D eigenvalue weighted by Crippen LogP contribution is -2.35. The third-order valence-electron chi connectivity index (χ3n) is 3.52. The van der Waals surface area contributed by atoms with Crippen LogP contribution in [-0.2, 0) is 0 Å². The van der Waals surface area contributed by atoms with Crippen LogP contribution in [0.1, 0.15) is 25.7 Å². The van der Waals surface area contributed by atoms with Gasteiger partial charge in [-0.3, -0.25) is 5.32 Å².